The summed E-state index contributed by atoms with van der Waals surface area (Å²) in [5.41, 5.74) is 2.30. The van der Waals surface area contributed by atoms with E-state index in [9.17, 15) is 0 Å². The molecule has 0 spiro atoms. The molecule has 0 amide bonds. The van der Waals surface area contributed by atoms with E-state index in [0.717, 1.165) is 11.8 Å². The standard InChI is InChI=1S/C24H38/c1-24(23-15-9-4-10-16-23,19-17-21-11-5-2-6-12-21)20-18-22-13-7-3-8-14-22/h2,5,7,13,15,21-22H,3-4,6,8-12,14,16-20H2,1H3. The maximum Gasteiger partial charge on any atom is -0.0116 e. The number of hydrogen-bond acceptors (Lipinski definition) is 0. The van der Waals surface area contributed by atoms with E-state index in [1.54, 1.807) is 0 Å². The van der Waals surface area contributed by atoms with Crippen LogP contribution >= 0.6 is 0 Å². The monoisotopic (exact) mass is 326 g/mol. The van der Waals surface area contributed by atoms with Crippen molar-refractivity contribution in [2.75, 3.05) is 0 Å². The van der Waals surface area contributed by atoms with Crippen LogP contribution in [0.2, 0.25) is 0 Å². The summed E-state index contributed by atoms with van der Waals surface area (Å²) < 4.78 is 0. The maximum absolute atomic E-state index is 2.63. The number of hydrogen-bond donors (Lipinski definition) is 0. The molecular weight excluding hydrogens is 288 g/mol. The zero-order chi connectivity index (χ0) is 16.7. The summed E-state index contributed by atoms with van der Waals surface area (Å²) in [7, 11) is 0. The molecule has 0 nitrogen and oxygen atoms in total. The van der Waals surface area contributed by atoms with Crippen LogP contribution in [0.1, 0.15) is 96.8 Å². The molecule has 0 aromatic carbocycles. The van der Waals surface area contributed by atoms with Gasteiger partial charge in [-0.15, -0.1) is 0 Å². The van der Waals surface area contributed by atoms with Crippen molar-refractivity contribution in [3.8, 4) is 0 Å². The van der Waals surface area contributed by atoms with Crippen LogP contribution in [0.4, 0.5) is 0 Å². The second kappa shape index (κ2) is 9.07. The minimum atomic E-state index is 0.479. The SMILES string of the molecule is CC(CCC1C=CCCC1)(CCC1CC=CCC1)C1=CCCCC1. The Morgan fingerprint density at radius 3 is 2.54 bits per heavy atom. The van der Waals surface area contributed by atoms with Crippen LogP contribution in [0.25, 0.3) is 0 Å². The quantitative estimate of drug-likeness (QED) is 0.419. The highest BCUT2D eigenvalue weighted by atomic mass is 14.4. The number of allylic oxidation sites excluding steroid dienone is 6. The lowest BCUT2D eigenvalue weighted by molar-refractivity contribution is 0.256. The topological polar surface area (TPSA) is 0 Å². The molecule has 0 saturated heterocycles. The molecule has 0 heterocycles. The van der Waals surface area contributed by atoms with Gasteiger partial charge in [-0.3, -0.25) is 0 Å². The Balaban J connectivity index is 1.60. The van der Waals surface area contributed by atoms with E-state index in [0.29, 0.717) is 5.41 Å². The minimum Gasteiger partial charge on any atom is -0.0885 e. The Kier molecular flexibility index (Phi) is 6.81. The van der Waals surface area contributed by atoms with Gasteiger partial charge in [0, 0.05) is 0 Å². The minimum absolute atomic E-state index is 0.479. The van der Waals surface area contributed by atoms with Crippen molar-refractivity contribution in [1.29, 1.82) is 0 Å². The average molecular weight is 327 g/mol. The van der Waals surface area contributed by atoms with Gasteiger partial charge in [0.2, 0.25) is 0 Å². The van der Waals surface area contributed by atoms with Crippen LogP contribution in [-0.4, -0.2) is 0 Å². The van der Waals surface area contributed by atoms with Gasteiger partial charge < -0.3 is 0 Å². The maximum atomic E-state index is 2.63. The molecule has 0 heteroatoms. The smallest absolute Gasteiger partial charge is 0.0116 e. The third kappa shape index (κ3) is 5.11. The molecule has 0 aromatic rings. The first-order valence-electron chi connectivity index (χ1n) is 10.8. The van der Waals surface area contributed by atoms with Crippen molar-refractivity contribution in [3.63, 3.8) is 0 Å². The summed E-state index contributed by atoms with van der Waals surface area (Å²) in [5.74, 6) is 1.81. The van der Waals surface area contributed by atoms with E-state index >= 15 is 0 Å². The van der Waals surface area contributed by atoms with Gasteiger partial charge in [-0.25, -0.2) is 0 Å². The Morgan fingerprint density at radius 1 is 0.917 bits per heavy atom. The molecule has 134 valence electrons. The lowest BCUT2D eigenvalue weighted by Crippen LogP contribution is -2.23. The normalized spacial score (nSPS) is 30.0. The zero-order valence-electron chi connectivity index (χ0n) is 15.9. The molecule has 0 bridgehead atoms. The third-order valence-electron chi connectivity index (χ3n) is 6.97. The van der Waals surface area contributed by atoms with Crippen LogP contribution in [0.3, 0.4) is 0 Å². The first-order valence-corrected chi connectivity index (χ1v) is 10.8. The molecule has 0 aliphatic heterocycles. The molecule has 0 N–H and O–H groups in total. The van der Waals surface area contributed by atoms with Gasteiger partial charge in [0.05, 0.1) is 0 Å². The fraction of sp³-hybridized carbons (Fsp3) is 0.750. The number of rotatable bonds is 7. The van der Waals surface area contributed by atoms with Crippen molar-refractivity contribution in [2.45, 2.75) is 96.8 Å². The molecule has 0 saturated carbocycles. The van der Waals surface area contributed by atoms with Crippen molar-refractivity contribution in [2.24, 2.45) is 17.3 Å². The van der Waals surface area contributed by atoms with Crippen LogP contribution in [0.15, 0.2) is 36.0 Å². The zero-order valence-corrected chi connectivity index (χ0v) is 15.9. The Bertz CT molecular complexity index is 466. The fourth-order valence-corrected chi connectivity index (χ4v) is 5.10. The van der Waals surface area contributed by atoms with Crippen molar-refractivity contribution >= 4 is 0 Å². The summed E-state index contributed by atoms with van der Waals surface area (Å²) in [6.07, 6.45) is 31.9. The Morgan fingerprint density at radius 2 is 1.83 bits per heavy atom. The Hall–Kier alpha value is -0.780. The van der Waals surface area contributed by atoms with Crippen molar-refractivity contribution in [3.05, 3.63) is 36.0 Å². The van der Waals surface area contributed by atoms with Gasteiger partial charge in [-0.1, -0.05) is 42.9 Å². The van der Waals surface area contributed by atoms with Gasteiger partial charge in [0.1, 0.15) is 0 Å². The molecule has 0 radical (unpaired) electrons. The summed E-state index contributed by atoms with van der Waals surface area (Å²) in [4.78, 5) is 0. The van der Waals surface area contributed by atoms with Gasteiger partial charge in [-0.05, 0) is 107 Å². The lowest BCUT2D eigenvalue weighted by atomic mass is 9.68. The van der Waals surface area contributed by atoms with E-state index < -0.39 is 0 Å². The molecule has 0 aromatic heterocycles. The van der Waals surface area contributed by atoms with Gasteiger partial charge in [-0.2, -0.15) is 0 Å². The molecule has 3 aliphatic carbocycles. The predicted molar refractivity (Wildman–Crippen MR) is 106 cm³/mol. The second-order valence-electron chi connectivity index (χ2n) is 8.88. The first-order chi connectivity index (χ1) is 11.8. The van der Waals surface area contributed by atoms with Crippen LogP contribution in [0, 0.1) is 17.3 Å². The summed E-state index contributed by atoms with van der Waals surface area (Å²) >= 11 is 0. The van der Waals surface area contributed by atoms with E-state index in [1.807, 2.05) is 5.57 Å². The molecule has 3 aliphatic rings. The highest BCUT2D eigenvalue weighted by Gasteiger charge is 2.30. The Labute approximate surface area is 150 Å². The van der Waals surface area contributed by atoms with Gasteiger partial charge in [0.15, 0.2) is 0 Å². The molecule has 0 fully saturated rings. The van der Waals surface area contributed by atoms with Crippen molar-refractivity contribution < 1.29 is 0 Å². The van der Waals surface area contributed by atoms with E-state index in [1.165, 1.54) is 89.9 Å². The summed E-state index contributed by atoms with van der Waals surface area (Å²) in [6, 6.07) is 0. The van der Waals surface area contributed by atoms with Gasteiger partial charge in [0.25, 0.3) is 0 Å². The molecule has 24 heavy (non-hydrogen) atoms. The van der Waals surface area contributed by atoms with E-state index in [2.05, 4.69) is 37.3 Å². The molecule has 3 rings (SSSR count). The van der Waals surface area contributed by atoms with Crippen LogP contribution in [-0.2, 0) is 0 Å². The van der Waals surface area contributed by atoms with E-state index in [-0.39, 0.29) is 0 Å². The molecule has 3 atom stereocenters. The average Bonchev–Trinajstić information content (AvgIpc) is 2.67. The third-order valence-corrected chi connectivity index (χ3v) is 6.97. The largest absolute Gasteiger partial charge is 0.0885 e. The fourth-order valence-electron chi connectivity index (χ4n) is 5.10. The lowest BCUT2D eigenvalue weighted by Gasteiger charge is -2.37. The highest BCUT2D eigenvalue weighted by molar-refractivity contribution is 5.16. The van der Waals surface area contributed by atoms with Crippen LogP contribution < -0.4 is 0 Å². The van der Waals surface area contributed by atoms with Gasteiger partial charge >= 0.3 is 0 Å². The molecule has 3 unspecified atom stereocenters. The van der Waals surface area contributed by atoms with Crippen molar-refractivity contribution in [1.82, 2.24) is 0 Å². The first kappa shape index (κ1) is 18.0. The highest BCUT2D eigenvalue weighted by Crippen LogP contribution is 2.44. The summed E-state index contributed by atoms with van der Waals surface area (Å²) in [6.45, 7) is 2.61. The second-order valence-corrected chi connectivity index (χ2v) is 8.88. The molecular formula is C24H38. The van der Waals surface area contributed by atoms with E-state index in [4.69, 9.17) is 0 Å². The van der Waals surface area contributed by atoms with Crippen LogP contribution in [0.5, 0.6) is 0 Å². The summed E-state index contributed by atoms with van der Waals surface area (Å²) in [5, 5.41) is 0. The predicted octanol–water partition coefficient (Wildman–Crippen LogP) is 7.77.